The molecule has 2 aliphatic heterocycles. The lowest BCUT2D eigenvalue weighted by Gasteiger charge is -2.34. The number of carbonyl (C=O) groups excluding carboxylic acids is 1. The molecule has 2 aromatic carbocycles. The lowest BCUT2D eigenvalue weighted by atomic mass is 9.94. The molecule has 154 valence electrons. The predicted octanol–water partition coefficient (Wildman–Crippen LogP) is 1.92. The van der Waals surface area contributed by atoms with Gasteiger partial charge in [-0.1, -0.05) is 30.3 Å². The van der Waals surface area contributed by atoms with Crippen molar-refractivity contribution >= 4 is 5.91 Å². The second-order valence-electron chi connectivity index (χ2n) is 8.06. The molecule has 1 amide bonds. The second-order valence-corrected chi connectivity index (χ2v) is 8.06. The second kappa shape index (κ2) is 9.90. The standard InChI is InChI=1S/C24H30N2O3/c27-24(26-14-16-28-17-15-26)22-10-12-25(13-11-22)18-20-6-8-23(9-7-20)29-19-21-4-2-1-3-5-21/h1-9,22H,10-19H2/p+1. The fourth-order valence-corrected chi connectivity index (χ4v) is 4.22. The van der Waals surface area contributed by atoms with E-state index in [4.69, 9.17) is 9.47 Å². The van der Waals surface area contributed by atoms with Gasteiger partial charge in [0.1, 0.15) is 18.9 Å². The number of rotatable bonds is 6. The zero-order chi connectivity index (χ0) is 19.9. The van der Waals surface area contributed by atoms with Gasteiger partial charge in [-0.3, -0.25) is 4.79 Å². The van der Waals surface area contributed by atoms with Gasteiger partial charge in [-0.15, -0.1) is 0 Å². The fraction of sp³-hybridized carbons (Fsp3) is 0.458. The van der Waals surface area contributed by atoms with Crippen LogP contribution in [0.4, 0.5) is 0 Å². The number of benzene rings is 2. The van der Waals surface area contributed by atoms with Crippen LogP contribution in [0, 0.1) is 5.92 Å². The van der Waals surface area contributed by atoms with E-state index in [1.807, 2.05) is 23.1 Å². The maximum absolute atomic E-state index is 12.7. The molecule has 0 aromatic heterocycles. The zero-order valence-corrected chi connectivity index (χ0v) is 17.0. The lowest BCUT2D eigenvalue weighted by Crippen LogP contribution is -3.11. The summed E-state index contributed by atoms with van der Waals surface area (Å²) in [7, 11) is 0. The van der Waals surface area contributed by atoms with Crippen LogP contribution < -0.4 is 9.64 Å². The summed E-state index contributed by atoms with van der Waals surface area (Å²) in [6, 6.07) is 18.7. The van der Waals surface area contributed by atoms with Crippen LogP contribution in [0.3, 0.4) is 0 Å². The van der Waals surface area contributed by atoms with Crippen molar-refractivity contribution in [3.63, 3.8) is 0 Å². The van der Waals surface area contributed by atoms with E-state index in [1.165, 1.54) is 11.1 Å². The third-order valence-electron chi connectivity index (χ3n) is 5.99. The molecule has 1 N–H and O–H groups in total. The van der Waals surface area contributed by atoms with Crippen LogP contribution in [0.1, 0.15) is 24.0 Å². The SMILES string of the molecule is O=C(C1CC[NH+](Cc2ccc(OCc3ccccc3)cc2)CC1)N1CCOCC1. The van der Waals surface area contributed by atoms with Gasteiger partial charge in [-0.25, -0.2) is 0 Å². The smallest absolute Gasteiger partial charge is 0.226 e. The number of quaternary nitrogens is 1. The summed E-state index contributed by atoms with van der Waals surface area (Å²) < 4.78 is 11.2. The Balaban J connectivity index is 1.21. The summed E-state index contributed by atoms with van der Waals surface area (Å²) in [5.74, 6) is 1.44. The third kappa shape index (κ3) is 5.58. The largest absolute Gasteiger partial charge is 0.489 e. The van der Waals surface area contributed by atoms with Crippen molar-refractivity contribution in [2.75, 3.05) is 39.4 Å². The molecule has 2 fully saturated rings. The Labute approximate surface area is 173 Å². The molecule has 2 aromatic rings. The first-order valence-corrected chi connectivity index (χ1v) is 10.7. The molecule has 0 bridgehead atoms. The number of hydrogen-bond donors (Lipinski definition) is 1. The molecule has 0 spiro atoms. The predicted molar refractivity (Wildman–Crippen MR) is 112 cm³/mol. The van der Waals surface area contributed by atoms with Crippen molar-refractivity contribution in [3.8, 4) is 5.75 Å². The monoisotopic (exact) mass is 395 g/mol. The van der Waals surface area contributed by atoms with Crippen molar-refractivity contribution < 1.29 is 19.2 Å². The number of morpholine rings is 1. The van der Waals surface area contributed by atoms with E-state index < -0.39 is 0 Å². The van der Waals surface area contributed by atoms with Crippen LogP contribution in [-0.4, -0.2) is 50.2 Å². The molecule has 2 heterocycles. The molecule has 5 nitrogen and oxygen atoms in total. The number of carbonyl (C=O) groups is 1. The Kier molecular flexibility index (Phi) is 6.80. The molecule has 29 heavy (non-hydrogen) atoms. The van der Waals surface area contributed by atoms with Gasteiger partial charge in [0.15, 0.2) is 0 Å². The average Bonchev–Trinajstić information content (AvgIpc) is 2.80. The van der Waals surface area contributed by atoms with Crippen molar-refractivity contribution in [1.82, 2.24) is 4.90 Å². The molecule has 0 radical (unpaired) electrons. The topological polar surface area (TPSA) is 43.2 Å². The van der Waals surface area contributed by atoms with Gasteiger partial charge < -0.3 is 19.3 Å². The minimum Gasteiger partial charge on any atom is -0.489 e. The van der Waals surface area contributed by atoms with E-state index >= 15 is 0 Å². The number of hydrogen-bond acceptors (Lipinski definition) is 3. The maximum Gasteiger partial charge on any atom is 0.226 e. The average molecular weight is 396 g/mol. The highest BCUT2D eigenvalue weighted by molar-refractivity contribution is 5.79. The Bertz CT molecular complexity index is 764. The Hall–Kier alpha value is -2.37. The molecule has 2 saturated heterocycles. The number of piperidine rings is 1. The highest BCUT2D eigenvalue weighted by Crippen LogP contribution is 2.16. The summed E-state index contributed by atoms with van der Waals surface area (Å²) in [4.78, 5) is 16.2. The van der Waals surface area contributed by atoms with E-state index in [-0.39, 0.29) is 5.92 Å². The highest BCUT2D eigenvalue weighted by Gasteiger charge is 2.31. The Morgan fingerprint density at radius 3 is 2.34 bits per heavy atom. The molecule has 0 unspecified atom stereocenters. The molecule has 0 atom stereocenters. The quantitative estimate of drug-likeness (QED) is 0.813. The van der Waals surface area contributed by atoms with E-state index in [9.17, 15) is 4.79 Å². The van der Waals surface area contributed by atoms with Gasteiger partial charge in [0.2, 0.25) is 5.91 Å². The minimum absolute atomic E-state index is 0.200. The van der Waals surface area contributed by atoms with Crippen LogP contribution in [-0.2, 0) is 22.7 Å². The summed E-state index contributed by atoms with van der Waals surface area (Å²) in [5.41, 5.74) is 2.50. The van der Waals surface area contributed by atoms with E-state index in [1.54, 1.807) is 4.90 Å². The number of likely N-dealkylation sites (tertiary alicyclic amines) is 1. The summed E-state index contributed by atoms with van der Waals surface area (Å²) in [6.07, 6.45) is 1.98. The maximum atomic E-state index is 12.7. The Morgan fingerprint density at radius 1 is 0.966 bits per heavy atom. The van der Waals surface area contributed by atoms with Crippen molar-refractivity contribution in [2.24, 2.45) is 5.92 Å². The Morgan fingerprint density at radius 2 is 1.66 bits per heavy atom. The van der Waals surface area contributed by atoms with Gasteiger partial charge >= 0.3 is 0 Å². The zero-order valence-electron chi connectivity index (χ0n) is 17.0. The third-order valence-corrected chi connectivity index (χ3v) is 5.99. The van der Waals surface area contributed by atoms with Crippen LogP contribution in [0.5, 0.6) is 5.75 Å². The molecule has 2 aliphatic rings. The van der Waals surface area contributed by atoms with Crippen LogP contribution in [0.15, 0.2) is 54.6 Å². The molecule has 5 heteroatoms. The molecule has 0 saturated carbocycles. The lowest BCUT2D eigenvalue weighted by molar-refractivity contribution is -0.919. The van der Waals surface area contributed by atoms with Gasteiger partial charge in [0, 0.05) is 37.4 Å². The van der Waals surface area contributed by atoms with Gasteiger partial charge in [-0.2, -0.15) is 0 Å². The van der Waals surface area contributed by atoms with Crippen molar-refractivity contribution in [2.45, 2.75) is 26.0 Å². The minimum atomic E-state index is 0.200. The summed E-state index contributed by atoms with van der Waals surface area (Å²) in [5, 5.41) is 0. The van der Waals surface area contributed by atoms with Crippen molar-refractivity contribution in [1.29, 1.82) is 0 Å². The van der Waals surface area contributed by atoms with Crippen molar-refractivity contribution in [3.05, 3.63) is 65.7 Å². The number of amides is 1. The highest BCUT2D eigenvalue weighted by atomic mass is 16.5. The number of ether oxygens (including phenoxy) is 2. The normalized spacial score (nSPS) is 22.3. The van der Waals surface area contributed by atoms with Crippen LogP contribution in [0.2, 0.25) is 0 Å². The van der Waals surface area contributed by atoms with E-state index in [0.717, 1.165) is 51.3 Å². The first-order chi connectivity index (χ1) is 14.3. The fourth-order valence-electron chi connectivity index (χ4n) is 4.22. The molecule has 0 aliphatic carbocycles. The first kappa shape index (κ1) is 19.9. The number of nitrogens with one attached hydrogen (secondary N) is 1. The van der Waals surface area contributed by atoms with E-state index in [0.29, 0.717) is 25.7 Å². The molecular weight excluding hydrogens is 364 g/mol. The molecule has 4 rings (SSSR count). The van der Waals surface area contributed by atoms with Crippen LogP contribution >= 0.6 is 0 Å². The summed E-state index contributed by atoms with van der Waals surface area (Å²) >= 11 is 0. The van der Waals surface area contributed by atoms with Gasteiger partial charge in [-0.05, 0) is 29.8 Å². The van der Waals surface area contributed by atoms with Crippen LogP contribution in [0.25, 0.3) is 0 Å². The van der Waals surface area contributed by atoms with Gasteiger partial charge in [0.05, 0.1) is 26.3 Å². The number of nitrogens with zero attached hydrogens (tertiary/aromatic N) is 1. The van der Waals surface area contributed by atoms with Gasteiger partial charge in [0.25, 0.3) is 0 Å². The summed E-state index contributed by atoms with van der Waals surface area (Å²) in [6.45, 7) is 6.60. The molecular formula is C24H31N2O3+. The van der Waals surface area contributed by atoms with E-state index in [2.05, 4.69) is 36.4 Å². The first-order valence-electron chi connectivity index (χ1n) is 10.7.